The molecule has 0 saturated heterocycles. The van der Waals surface area contributed by atoms with Gasteiger partial charge in [0, 0.05) is 16.0 Å². The van der Waals surface area contributed by atoms with Crippen LogP contribution in [0.1, 0.15) is 10.6 Å². The van der Waals surface area contributed by atoms with Crippen molar-refractivity contribution in [2.45, 2.75) is 0 Å². The molecule has 0 bridgehead atoms. The third-order valence-electron chi connectivity index (χ3n) is 2.95. The van der Waals surface area contributed by atoms with Crippen molar-refractivity contribution in [1.29, 1.82) is 0 Å². The lowest BCUT2D eigenvalue weighted by molar-refractivity contribution is 0.628. The molecule has 2 aromatic carbocycles. The van der Waals surface area contributed by atoms with Gasteiger partial charge >= 0.3 is 0 Å². The van der Waals surface area contributed by atoms with E-state index in [1.165, 1.54) is 12.1 Å². The fourth-order valence-corrected chi connectivity index (χ4v) is 2.70. The van der Waals surface area contributed by atoms with Gasteiger partial charge in [-0.2, -0.15) is 0 Å². The van der Waals surface area contributed by atoms with Crippen LogP contribution in [0, 0.1) is 5.82 Å². The van der Waals surface area contributed by atoms with Crippen molar-refractivity contribution in [1.82, 2.24) is 4.98 Å². The molecule has 21 heavy (non-hydrogen) atoms. The summed E-state index contributed by atoms with van der Waals surface area (Å²) in [4.78, 5) is 4.53. The Hall–Kier alpha value is -1.97. The summed E-state index contributed by atoms with van der Waals surface area (Å²) in [6.07, 6.45) is 3.95. The van der Waals surface area contributed by atoms with Crippen LogP contribution in [-0.2, 0) is 0 Å². The van der Waals surface area contributed by atoms with E-state index in [9.17, 15) is 4.39 Å². The molecule has 4 heteroatoms. The highest BCUT2D eigenvalue weighted by molar-refractivity contribution is 7.10. The maximum absolute atomic E-state index is 12.9. The van der Waals surface area contributed by atoms with Crippen molar-refractivity contribution in [3.63, 3.8) is 0 Å². The van der Waals surface area contributed by atoms with E-state index >= 15 is 0 Å². The Bertz CT molecular complexity index is 760. The molecule has 0 aliphatic heterocycles. The molecular weight excluding hydrogens is 305 g/mol. The predicted octanol–water partition coefficient (Wildman–Crippen LogP) is 5.77. The van der Waals surface area contributed by atoms with Gasteiger partial charge in [-0.1, -0.05) is 29.8 Å². The van der Waals surface area contributed by atoms with Gasteiger partial charge in [0.05, 0.1) is 5.69 Å². The van der Waals surface area contributed by atoms with Crippen LogP contribution in [0.4, 0.5) is 4.39 Å². The minimum atomic E-state index is -0.239. The highest BCUT2D eigenvalue weighted by Crippen LogP contribution is 2.23. The zero-order chi connectivity index (χ0) is 14.7. The monoisotopic (exact) mass is 315 g/mol. The van der Waals surface area contributed by atoms with E-state index < -0.39 is 0 Å². The largest absolute Gasteiger partial charge is 0.237 e. The summed E-state index contributed by atoms with van der Waals surface area (Å²) in [7, 11) is 0. The number of aromatic nitrogens is 1. The smallest absolute Gasteiger partial charge is 0.123 e. The summed E-state index contributed by atoms with van der Waals surface area (Å²) in [6, 6.07) is 14.0. The van der Waals surface area contributed by atoms with Crippen LogP contribution in [0.2, 0.25) is 5.02 Å². The molecule has 0 spiro atoms. The highest BCUT2D eigenvalue weighted by atomic mass is 35.5. The molecule has 0 N–H and O–H groups in total. The van der Waals surface area contributed by atoms with Crippen molar-refractivity contribution in [2.24, 2.45) is 0 Å². The summed E-state index contributed by atoms with van der Waals surface area (Å²) in [5.74, 6) is -0.239. The van der Waals surface area contributed by atoms with E-state index in [-0.39, 0.29) is 5.82 Å². The average Bonchev–Trinajstić information content (AvgIpc) is 2.96. The summed E-state index contributed by atoms with van der Waals surface area (Å²) in [5, 5.41) is 3.60. The van der Waals surface area contributed by atoms with E-state index in [2.05, 4.69) is 4.98 Å². The van der Waals surface area contributed by atoms with Crippen LogP contribution in [0.3, 0.4) is 0 Å². The molecule has 1 aromatic heterocycles. The molecule has 1 nitrogen and oxygen atoms in total. The van der Waals surface area contributed by atoms with Crippen LogP contribution in [0.5, 0.6) is 0 Å². The Morgan fingerprint density at radius 2 is 1.67 bits per heavy atom. The molecule has 0 radical (unpaired) electrons. The van der Waals surface area contributed by atoms with Gasteiger partial charge in [-0.15, -0.1) is 11.3 Å². The molecule has 0 aliphatic carbocycles. The lowest BCUT2D eigenvalue weighted by atomic mass is 10.2. The van der Waals surface area contributed by atoms with E-state index in [1.807, 2.05) is 41.8 Å². The quantitative estimate of drug-likeness (QED) is 0.597. The van der Waals surface area contributed by atoms with Gasteiger partial charge in [0.15, 0.2) is 0 Å². The first kappa shape index (κ1) is 14.0. The number of thiazole rings is 1. The van der Waals surface area contributed by atoms with Crippen LogP contribution in [-0.4, -0.2) is 4.98 Å². The first-order valence-corrected chi connectivity index (χ1v) is 7.61. The summed E-state index contributed by atoms with van der Waals surface area (Å²) in [6.45, 7) is 0. The molecule has 0 fully saturated rings. The van der Waals surface area contributed by atoms with Crippen LogP contribution in [0.15, 0.2) is 53.9 Å². The van der Waals surface area contributed by atoms with Gasteiger partial charge in [-0.3, -0.25) is 0 Å². The molecule has 0 amide bonds. The second-order valence-corrected chi connectivity index (χ2v) is 5.79. The third kappa shape index (κ3) is 3.57. The zero-order valence-corrected chi connectivity index (χ0v) is 12.5. The molecule has 0 atom stereocenters. The topological polar surface area (TPSA) is 12.9 Å². The van der Waals surface area contributed by atoms with E-state index in [0.29, 0.717) is 0 Å². The van der Waals surface area contributed by atoms with Gasteiger partial charge < -0.3 is 0 Å². The van der Waals surface area contributed by atoms with Crippen molar-refractivity contribution in [3.05, 3.63) is 75.3 Å². The molecule has 0 saturated carbocycles. The first-order chi connectivity index (χ1) is 10.2. The predicted molar refractivity (Wildman–Crippen MR) is 87.9 cm³/mol. The Morgan fingerprint density at radius 1 is 0.952 bits per heavy atom. The van der Waals surface area contributed by atoms with Gasteiger partial charge in [-0.25, -0.2) is 9.37 Å². The van der Waals surface area contributed by atoms with E-state index in [1.54, 1.807) is 23.5 Å². The summed E-state index contributed by atoms with van der Waals surface area (Å²) in [5.41, 5.74) is 2.84. The first-order valence-electron chi connectivity index (χ1n) is 6.36. The van der Waals surface area contributed by atoms with Crippen molar-refractivity contribution in [2.75, 3.05) is 0 Å². The average molecular weight is 316 g/mol. The second-order valence-electron chi connectivity index (χ2n) is 4.46. The molecule has 1 heterocycles. The summed E-state index contributed by atoms with van der Waals surface area (Å²) < 4.78 is 12.9. The fraction of sp³-hybridized carbons (Fsp3) is 0. The van der Waals surface area contributed by atoms with Crippen LogP contribution in [0.25, 0.3) is 23.4 Å². The number of rotatable bonds is 3. The number of halogens is 2. The van der Waals surface area contributed by atoms with Crippen LogP contribution < -0.4 is 0 Å². The van der Waals surface area contributed by atoms with Gasteiger partial charge in [0.2, 0.25) is 0 Å². The Morgan fingerprint density at radius 3 is 2.38 bits per heavy atom. The number of benzene rings is 2. The lowest BCUT2D eigenvalue weighted by Crippen LogP contribution is -1.79. The van der Waals surface area contributed by atoms with Crippen molar-refractivity contribution in [3.8, 4) is 11.3 Å². The minimum Gasteiger partial charge on any atom is -0.237 e. The van der Waals surface area contributed by atoms with Crippen molar-refractivity contribution < 1.29 is 4.39 Å². The minimum absolute atomic E-state index is 0.239. The number of nitrogens with zero attached hydrogens (tertiary/aromatic N) is 1. The van der Waals surface area contributed by atoms with Crippen molar-refractivity contribution >= 4 is 35.1 Å². The van der Waals surface area contributed by atoms with E-state index in [4.69, 9.17) is 11.6 Å². The van der Waals surface area contributed by atoms with Gasteiger partial charge in [0.1, 0.15) is 10.8 Å². The second kappa shape index (κ2) is 6.20. The Labute approximate surface area is 131 Å². The normalized spacial score (nSPS) is 11.1. The fourth-order valence-electron chi connectivity index (χ4n) is 1.86. The third-order valence-corrected chi connectivity index (χ3v) is 4.01. The Kier molecular flexibility index (Phi) is 4.13. The SMILES string of the molecule is Fc1ccc(-c2csc(/C=C/c3ccc(Cl)cc3)n2)cc1. The maximum Gasteiger partial charge on any atom is 0.123 e. The molecule has 3 aromatic rings. The molecule has 0 aliphatic rings. The zero-order valence-electron chi connectivity index (χ0n) is 11.0. The highest BCUT2D eigenvalue weighted by Gasteiger charge is 2.02. The molecule has 104 valence electrons. The Balaban J connectivity index is 1.78. The molecular formula is C17H11ClFNS. The lowest BCUT2D eigenvalue weighted by Gasteiger charge is -1.95. The maximum atomic E-state index is 12.9. The molecule has 3 rings (SSSR count). The number of hydrogen-bond acceptors (Lipinski definition) is 2. The van der Waals surface area contributed by atoms with Gasteiger partial charge in [-0.05, 0) is 48.0 Å². The van der Waals surface area contributed by atoms with Crippen LogP contribution >= 0.6 is 22.9 Å². The van der Waals surface area contributed by atoms with E-state index in [0.717, 1.165) is 26.9 Å². The van der Waals surface area contributed by atoms with Gasteiger partial charge in [0.25, 0.3) is 0 Å². The standard InChI is InChI=1S/C17H11ClFNS/c18-14-6-1-12(2-7-14)3-10-17-20-16(11-21-17)13-4-8-15(19)9-5-13/h1-11H/b10-3+. The number of hydrogen-bond donors (Lipinski definition) is 0. The summed E-state index contributed by atoms with van der Waals surface area (Å²) >= 11 is 7.40. The molecule has 0 unspecified atom stereocenters.